The van der Waals surface area contributed by atoms with Gasteiger partial charge in [0, 0.05) is 5.56 Å². The third-order valence-electron chi connectivity index (χ3n) is 8.78. The van der Waals surface area contributed by atoms with Crippen molar-refractivity contribution >= 4 is 5.97 Å². The van der Waals surface area contributed by atoms with Crippen LogP contribution < -0.4 is 4.74 Å². The molecule has 3 aromatic rings. The monoisotopic (exact) mass is 690 g/mol. The van der Waals surface area contributed by atoms with E-state index < -0.39 is 73.3 Å². The second-order valence-electron chi connectivity index (χ2n) is 13.5. The lowest BCUT2D eigenvalue weighted by Crippen LogP contribution is -2.63. The second kappa shape index (κ2) is 16.5. The van der Waals surface area contributed by atoms with Crippen LogP contribution >= 0.6 is 0 Å². The first-order chi connectivity index (χ1) is 24.2. The van der Waals surface area contributed by atoms with Crippen molar-refractivity contribution in [1.29, 1.82) is 0 Å². The topological polar surface area (TPSA) is 120 Å². The summed E-state index contributed by atoms with van der Waals surface area (Å²) in [4.78, 5) is 13.5. The molecular weight excluding hydrogens is 644 g/mol. The highest BCUT2D eigenvalue weighted by atomic mass is 16.8. The second-order valence-corrected chi connectivity index (χ2v) is 13.5. The number of esters is 1. The fraction of sp³-hybridized carbons (Fsp3) is 0.462. The molecule has 1 N–H and O–H groups in total. The molecule has 3 aromatic carbocycles. The van der Waals surface area contributed by atoms with E-state index in [0.29, 0.717) is 5.75 Å². The Bertz CT molecular complexity index is 1530. The molecule has 3 aliphatic rings. The summed E-state index contributed by atoms with van der Waals surface area (Å²) in [5.74, 6) is 0.242. The predicted molar refractivity (Wildman–Crippen MR) is 181 cm³/mol. The van der Waals surface area contributed by atoms with Crippen LogP contribution in [-0.2, 0) is 55.9 Å². The lowest BCUT2D eigenvalue weighted by Gasteiger charge is -2.47. The molecule has 0 radical (unpaired) electrons. The lowest BCUT2D eigenvalue weighted by atomic mass is 9.95. The third kappa shape index (κ3) is 8.73. The average molecular weight is 691 g/mol. The van der Waals surface area contributed by atoms with Crippen LogP contribution in [0, 0.1) is 5.41 Å². The van der Waals surface area contributed by atoms with Gasteiger partial charge in [-0.2, -0.15) is 0 Å². The quantitative estimate of drug-likeness (QED) is 0.251. The summed E-state index contributed by atoms with van der Waals surface area (Å²) in [6.45, 7) is 5.58. The molecule has 2 fully saturated rings. The van der Waals surface area contributed by atoms with Crippen molar-refractivity contribution in [3.05, 3.63) is 114 Å². The summed E-state index contributed by atoms with van der Waals surface area (Å²) in [6, 6.07) is 26.8. The molecule has 0 bridgehead atoms. The normalized spacial score (nSPS) is 29.4. The molecule has 50 heavy (non-hydrogen) atoms. The number of aliphatic hydroxyl groups is 1. The third-order valence-corrected chi connectivity index (χ3v) is 8.78. The highest BCUT2D eigenvalue weighted by molar-refractivity contribution is 5.75. The van der Waals surface area contributed by atoms with Crippen LogP contribution in [0.2, 0.25) is 0 Å². The summed E-state index contributed by atoms with van der Waals surface area (Å²) in [5.41, 5.74) is 1.79. The fourth-order valence-corrected chi connectivity index (χ4v) is 5.98. The lowest BCUT2D eigenvalue weighted by molar-refractivity contribution is -0.345. The molecule has 11 nitrogen and oxygen atoms in total. The molecule has 268 valence electrons. The molecule has 3 heterocycles. The summed E-state index contributed by atoms with van der Waals surface area (Å²) >= 11 is 0. The van der Waals surface area contributed by atoms with Crippen LogP contribution in [0.15, 0.2) is 97.3 Å². The van der Waals surface area contributed by atoms with E-state index in [-0.39, 0.29) is 19.8 Å². The van der Waals surface area contributed by atoms with Gasteiger partial charge >= 0.3 is 5.97 Å². The number of aliphatic hydroxyl groups excluding tert-OH is 1. The first kappa shape index (κ1) is 36.0. The Labute approximate surface area is 292 Å². The van der Waals surface area contributed by atoms with Crippen molar-refractivity contribution in [3.63, 3.8) is 0 Å². The number of methoxy groups -OCH3 is 1. The highest BCUT2D eigenvalue weighted by Crippen LogP contribution is 2.37. The van der Waals surface area contributed by atoms with Crippen molar-refractivity contribution in [2.45, 2.75) is 89.3 Å². The zero-order valence-corrected chi connectivity index (χ0v) is 28.8. The minimum absolute atomic E-state index is 0.191. The van der Waals surface area contributed by atoms with Crippen LogP contribution in [0.4, 0.5) is 0 Å². The fourth-order valence-electron chi connectivity index (χ4n) is 5.98. The van der Waals surface area contributed by atoms with Gasteiger partial charge in [0.2, 0.25) is 0 Å². The van der Waals surface area contributed by atoms with E-state index in [1.54, 1.807) is 40.2 Å². The van der Waals surface area contributed by atoms with Crippen LogP contribution in [0.3, 0.4) is 0 Å². The number of hydrogen-bond donors (Lipinski definition) is 1. The van der Waals surface area contributed by atoms with E-state index in [2.05, 4.69) is 0 Å². The maximum absolute atomic E-state index is 13.5. The molecule has 0 spiro atoms. The number of rotatable bonds is 12. The average Bonchev–Trinajstić information content (AvgIpc) is 3.14. The summed E-state index contributed by atoms with van der Waals surface area (Å²) in [7, 11) is 1.61. The largest absolute Gasteiger partial charge is 0.497 e. The van der Waals surface area contributed by atoms with E-state index in [1.165, 1.54) is 0 Å². The maximum atomic E-state index is 13.5. The van der Waals surface area contributed by atoms with Crippen molar-refractivity contribution in [1.82, 2.24) is 0 Å². The van der Waals surface area contributed by atoms with Gasteiger partial charge in [0.05, 0.1) is 45.2 Å². The Morgan fingerprint density at radius 1 is 0.840 bits per heavy atom. The van der Waals surface area contributed by atoms with Crippen LogP contribution in [-0.4, -0.2) is 80.4 Å². The standard InChI is InChI=1S/C39H46O11/c1-39(2,3)38(41)50-35-34(45-23-26-13-9-6-10-14-26)33(44-22-25-11-7-5-8-12-25)30(21-40)48-37(35)47-29-19-20-43-31-24-46-36(49-32(29)31)27-15-17-28(42-4)18-16-27/h5-20,29-37,40H,21-24H2,1-4H3/t29-,30-,31-,32+,33-,34+,35-,36-,37-/m1/s1. The summed E-state index contributed by atoms with van der Waals surface area (Å²) in [6.07, 6.45) is -4.03. The number of carbonyl (C=O) groups is 1. The minimum atomic E-state index is -1.17. The number of ether oxygens (including phenoxy) is 9. The van der Waals surface area contributed by atoms with Crippen LogP contribution in [0.1, 0.15) is 43.8 Å². The van der Waals surface area contributed by atoms with Crippen molar-refractivity contribution < 1.29 is 52.5 Å². The zero-order valence-electron chi connectivity index (χ0n) is 28.8. The van der Waals surface area contributed by atoms with E-state index >= 15 is 0 Å². The molecule has 0 aromatic heterocycles. The van der Waals surface area contributed by atoms with E-state index in [1.807, 2.05) is 84.9 Å². The van der Waals surface area contributed by atoms with Crippen LogP contribution in [0.5, 0.6) is 5.75 Å². The molecule has 0 amide bonds. The molecule has 2 saturated heterocycles. The molecule has 3 aliphatic heterocycles. The van der Waals surface area contributed by atoms with Crippen molar-refractivity contribution in [3.8, 4) is 5.75 Å². The number of hydrogen-bond acceptors (Lipinski definition) is 11. The molecule has 0 unspecified atom stereocenters. The van der Waals surface area contributed by atoms with Gasteiger partial charge in [0.15, 0.2) is 24.8 Å². The van der Waals surface area contributed by atoms with Gasteiger partial charge in [0.25, 0.3) is 0 Å². The van der Waals surface area contributed by atoms with E-state index in [0.717, 1.165) is 16.7 Å². The van der Waals surface area contributed by atoms with Gasteiger partial charge < -0.3 is 47.7 Å². The number of fused-ring (bicyclic) bond motifs is 1. The number of benzene rings is 3. The smallest absolute Gasteiger partial charge is 0.311 e. The van der Waals surface area contributed by atoms with Gasteiger partial charge in [0.1, 0.15) is 36.3 Å². The maximum Gasteiger partial charge on any atom is 0.311 e. The van der Waals surface area contributed by atoms with E-state index in [4.69, 9.17) is 42.6 Å². The Morgan fingerprint density at radius 2 is 1.48 bits per heavy atom. The predicted octanol–water partition coefficient (Wildman–Crippen LogP) is 5.25. The molecule has 9 atom stereocenters. The Balaban J connectivity index is 1.29. The van der Waals surface area contributed by atoms with E-state index in [9.17, 15) is 9.90 Å². The van der Waals surface area contributed by atoms with Crippen molar-refractivity contribution in [2.24, 2.45) is 5.41 Å². The van der Waals surface area contributed by atoms with Gasteiger partial charge in [-0.1, -0.05) is 72.8 Å². The summed E-state index contributed by atoms with van der Waals surface area (Å²) in [5, 5.41) is 10.7. The molecule has 11 heteroatoms. The van der Waals surface area contributed by atoms with Crippen LogP contribution in [0.25, 0.3) is 0 Å². The Morgan fingerprint density at radius 3 is 2.08 bits per heavy atom. The SMILES string of the molecule is COc1ccc([C@@H]2OC[C@H]3OC=C[C@@H](O[C@@H]4O[C@H](CO)[C@@H](OCc5ccccc5)[C@H](OCc5ccccc5)[C@H]4OC(=O)C(C)(C)C)[C@@H]3O2)cc1. The van der Waals surface area contributed by atoms with Gasteiger partial charge in [-0.25, -0.2) is 0 Å². The van der Waals surface area contributed by atoms with Gasteiger partial charge in [-0.05, 0) is 50.1 Å². The van der Waals surface area contributed by atoms with Gasteiger partial charge in [-0.15, -0.1) is 0 Å². The molecule has 0 aliphatic carbocycles. The number of carbonyl (C=O) groups excluding carboxylic acids is 1. The minimum Gasteiger partial charge on any atom is -0.497 e. The first-order valence-corrected chi connectivity index (χ1v) is 16.9. The highest BCUT2D eigenvalue weighted by Gasteiger charge is 2.53. The molecule has 6 rings (SSSR count). The van der Waals surface area contributed by atoms with Gasteiger partial charge in [-0.3, -0.25) is 4.79 Å². The van der Waals surface area contributed by atoms with Crippen molar-refractivity contribution in [2.75, 3.05) is 20.3 Å². The molecular formula is C39H46O11. The Hall–Kier alpha value is -3.81. The summed E-state index contributed by atoms with van der Waals surface area (Å²) < 4.78 is 55.9. The molecule has 0 saturated carbocycles. The first-order valence-electron chi connectivity index (χ1n) is 16.9. The zero-order chi connectivity index (χ0) is 35.1. The Kier molecular flexibility index (Phi) is 11.9.